The monoisotopic (exact) mass is 295 g/mol. The molecule has 0 saturated heterocycles. The van der Waals surface area contributed by atoms with E-state index < -0.39 is 11.2 Å². The first-order valence-electron chi connectivity index (χ1n) is 6.62. The predicted octanol–water partition coefficient (Wildman–Crippen LogP) is 1.50. The molecule has 2 aromatic heterocycles. The molecule has 1 aromatic carbocycles. The lowest BCUT2D eigenvalue weighted by Gasteiger charge is -2.03. The molecular weight excluding hydrogens is 282 g/mol. The van der Waals surface area contributed by atoms with Crippen LogP contribution in [0.15, 0.2) is 46.0 Å². The van der Waals surface area contributed by atoms with Gasteiger partial charge in [0.05, 0.1) is 11.2 Å². The van der Waals surface area contributed by atoms with Crippen molar-refractivity contribution in [3.05, 3.63) is 68.5 Å². The van der Waals surface area contributed by atoms with E-state index in [2.05, 4.69) is 9.97 Å². The van der Waals surface area contributed by atoms with Crippen LogP contribution < -0.4 is 11.2 Å². The molecule has 0 fully saturated rings. The topological polar surface area (TPSA) is 88.0 Å². The first-order chi connectivity index (χ1) is 10.6. The molecule has 2 N–H and O–H groups in total. The van der Waals surface area contributed by atoms with Crippen molar-refractivity contribution < 1.29 is 5.11 Å². The van der Waals surface area contributed by atoms with E-state index in [4.69, 9.17) is 0 Å². The second kappa shape index (κ2) is 5.33. The molecular formula is C16H13N3O3. The van der Waals surface area contributed by atoms with E-state index in [9.17, 15) is 14.7 Å². The number of aromatic amines is 1. The normalized spacial score (nSPS) is 11.3. The molecule has 0 aliphatic heterocycles. The fraction of sp³-hybridized carbons (Fsp3) is 0.0625. The summed E-state index contributed by atoms with van der Waals surface area (Å²) < 4.78 is 0.967. The number of para-hydroxylation sites is 1. The molecule has 0 aliphatic carbocycles. The lowest BCUT2D eigenvalue weighted by Crippen LogP contribution is -2.29. The van der Waals surface area contributed by atoms with Crippen LogP contribution >= 0.6 is 0 Å². The van der Waals surface area contributed by atoms with E-state index in [0.29, 0.717) is 5.69 Å². The summed E-state index contributed by atoms with van der Waals surface area (Å²) in [7, 11) is 1.37. The minimum atomic E-state index is -0.663. The van der Waals surface area contributed by atoms with Crippen molar-refractivity contribution in [1.82, 2.24) is 14.5 Å². The Morgan fingerprint density at radius 2 is 1.91 bits per heavy atom. The number of aromatic nitrogens is 3. The Morgan fingerprint density at radius 1 is 1.14 bits per heavy atom. The number of hydrogen-bond acceptors (Lipinski definition) is 4. The highest BCUT2D eigenvalue weighted by Gasteiger charge is 2.08. The fourth-order valence-electron chi connectivity index (χ4n) is 2.12. The van der Waals surface area contributed by atoms with Gasteiger partial charge in [0.25, 0.3) is 5.56 Å². The summed E-state index contributed by atoms with van der Waals surface area (Å²) in [6.07, 6.45) is 3.05. The smallest absolute Gasteiger partial charge is 0.330 e. The van der Waals surface area contributed by atoms with Gasteiger partial charge in [0.15, 0.2) is 0 Å². The zero-order chi connectivity index (χ0) is 15.7. The zero-order valence-corrected chi connectivity index (χ0v) is 11.8. The van der Waals surface area contributed by atoms with Gasteiger partial charge in [0.1, 0.15) is 5.56 Å². The molecule has 0 radical (unpaired) electrons. The summed E-state index contributed by atoms with van der Waals surface area (Å²) in [6.45, 7) is 0. The molecule has 2 heterocycles. The van der Waals surface area contributed by atoms with E-state index in [-0.39, 0.29) is 11.4 Å². The van der Waals surface area contributed by atoms with Gasteiger partial charge in [0, 0.05) is 12.4 Å². The second-order valence-corrected chi connectivity index (χ2v) is 4.82. The summed E-state index contributed by atoms with van der Waals surface area (Å²) in [5.41, 5.74) is 0.188. The van der Waals surface area contributed by atoms with Gasteiger partial charge in [-0.2, -0.15) is 0 Å². The first-order valence-corrected chi connectivity index (χ1v) is 6.62. The van der Waals surface area contributed by atoms with Crippen molar-refractivity contribution in [2.75, 3.05) is 0 Å². The summed E-state index contributed by atoms with van der Waals surface area (Å²) in [5, 5.41) is 10.9. The van der Waals surface area contributed by atoms with Crippen molar-refractivity contribution in [3.8, 4) is 5.88 Å². The molecule has 0 saturated carbocycles. The number of aromatic hydroxyl groups is 1. The molecule has 3 rings (SSSR count). The Kier molecular flexibility index (Phi) is 3.34. The second-order valence-electron chi connectivity index (χ2n) is 4.82. The lowest BCUT2D eigenvalue weighted by molar-refractivity contribution is 0.416. The number of nitrogens with one attached hydrogen (secondary N) is 1. The largest absolute Gasteiger partial charge is 0.494 e. The number of hydrogen-bond donors (Lipinski definition) is 2. The van der Waals surface area contributed by atoms with Gasteiger partial charge in [-0.1, -0.05) is 24.3 Å². The van der Waals surface area contributed by atoms with Crippen LogP contribution in [0.5, 0.6) is 5.88 Å². The van der Waals surface area contributed by atoms with Crippen LogP contribution in [0.3, 0.4) is 0 Å². The molecule has 0 unspecified atom stereocenters. The van der Waals surface area contributed by atoms with Crippen molar-refractivity contribution in [1.29, 1.82) is 0 Å². The number of rotatable bonds is 2. The summed E-state index contributed by atoms with van der Waals surface area (Å²) in [6, 6.07) is 11.4. The molecule has 0 spiro atoms. The number of H-pyrrole nitrogens is 1. The fourth-order valence-corrected chi connectivity index (χ4v) is 2.12. The Hall–Kier alpha value is -3.15. The van der Waals surface area contributed by atoms with Crippen LogP contribution in [0.2, 0.25) is 0 Å². The number of fused-ring (bicyclic) bond motifs is 1. The standard InChI is InChI=1S/C16H13N3O3/c1-19-15(21)12(14(20)18-16(19)22)9-8-11-7-6-10-4-2-3-5-13(10)17-11/h2-9,21H,1H3,(H,18,20,22)/b9-8+. The van der Waals surface area contributed by atoms with E-state index in [1.807, 2.05) is 36.4 Å². The number of nitrogens with zero attached hydrogens (tertiary/aromatic N) is 2. The van der Waals surface area contributed by atoms with Gasteiger partial charge >= 0.3 is 5.69 Å². The summed E-state index contributed by atoms with van der Waals surface area (Å²) in [4.78, 5) is 29.7. The average molecular weight is 295 g/mol. The molecule has 6 nitrogen and oxygen atoms in total. The highest BCUT2D eigenvalue weighted by molar-refractivity contribution is 5.81. The third-order valence-corrected chi connectivity index (χ3v) is 3.37. The molecule has 22 heavy (non-hydrogen) atoms. The highest BCUT2D eigenvalue weighted by Crippen LogP contribution is 2.15. The number of pyridine rings is 1. The highest BCUT2D eigenvalue weighted by atomic mass is 16.3. The van der Waals surface area contributed by atoms with E-state index in [1.54, 1.807) is 6.08 Å². The Bertz CT molecular complexity index is 999. The molecule has 0 atom stereocenters. The molecule has 0 aliphatic rings. The van der Waals surface area contributed by atoms with E-state index in [0.717, 1.165) is 15.5 Å². The van der Waals surface area contributed by atoms with E-state index in [1.165, 1.54) is 13.1 Å². The predicted molar refractivity (Wildman–Crippen MR) is 84.6 cm³/mol. The summed E-state index contributed by atoms with van der Waals surface area (Å²) in [5.74, 6) is -0.384. The average Bonchev–Trinajstić information content (AvgIpc) is 2.52. The van der Waals surface area contributed by atoms with Crippen molar-refractivity contribution in [2.24, 2.45) is 7.05 Å². The Labute approximate surface area is 125 Å². The SMILES string of the molecule is Cn1c(O)c(/C=C/c2ccc3ccccc3n2)c(=O)[nH]c1=O. The van der Waals surface area contributed by atoms with Crippen LogP contribution in [-0.2, 0) is 7.05 Å². The Balaban J connectivity index is 2.05. The van der Waals surface area contributed by atoms with Crippen molar-refractivity contribution >= 4 is 23.1 Å². The van der Waals surface area contributed by atoms with Gasteiger partial charge in [-0.3, -0.25) is 14.3 Å². The van der Waals surface area contributed by atoms with Crippen molar-refractivity contribution in [2.45, 2.75) is 0 Å². The molecule has 6 heteroatoms. The maximum atomic E-state index is 11.7. The van der Waals surface area contributed by atoms with Gasteiger partial charge in [-0.05, 0) is 24.3 Å². The Morgan fingerprint density at radius 3 is 2.73 bits per heavy atom. The third kappa shape index (κ3) is 2.42. The van der Waals surface area contributed by atoms with Gasteiger partial charge in [-0.15, -0.1) is 0 Å². The van der Waals surface area contributed by atoms with Crippen LogP contribution in [0.4, 0.5) is 0 Å². The molecule has 0 amide bonds. The molecule has 3 aromatic rings. The quantitative estimate of drug-likeness (QED) is 0.750. The lowest BCUT2D eigenvalue weighted by atomic mass is 10.2. The van der Waals surface area contributed by atoms with Gasteiger partial charge < -0.3 is 5.11 Å². The summed E-state index contributed by atoms with van der Waals surface area (Å²) >= 11 is 0. The van der Waals surface area contributed by atoms with Gasteiger partial charge in [-0.25, -0.2) is 9.78 Å². The van der Waals surface area contributed by atoms with Crippen molar-refractivity contribution in [3.63, 3.8) is 0 Å². The zero-order valence-electron chi connectivity index (χ0n) is 11.8. The number of benzene rings is 1. The van der Waals surface area contributed by atoms with Gasteiger partial charge in [0.2, 0.25) is 5.88 Å². The molecule has 0 bridgehead atoms. The van der Waals surface area contributed by atoms with Crippen LogP contribution in [-0.4, -0.2) is 19.6 Å². The first kappa shape index (κ1) is 13.8. The van der Waals surface area contributed by atoms with Crippen LogP contribution in [0.25, 0.3) is 23.1 Å². The minimum absolute atomic E-state index is 0.0112. The van der Waals surface area contributed by atoms with Crippen LogP contribution in [0.1, 0.15) is 11.3 Å². The molecule has 110 valence electrons. The van der Waals surface area contributed by atoms with E-state index >= 15 is 0 Å². The maximum absolute atomic E-state index is 11.7. The third-order valence-electron chi connectivity index (χ3n) is 3.37. The maximum Gasteiger partial charge on any atom is 0.330 e. The van der Waals surface area contributed by atoms with Crippen LogP contribution in [0, 0.1) is 0 Å². The minimum Gasteiger partial charge on any atom is -0.494 e.